The molecule has 0 aromatic heterocycles. The van der Waals surface area contributed by atoms with Gasteiger partial charge in [0.1, 0.15) is 0 Å². The number of allylic oxidation sites excluding steroid dienone is 1. The van der Waals surface area contributed by atoms with Crippen molar-refractivity contribution in [1.82, 2.24) is 0 Å². The SMILES string of the molecule is C=C(N)C1=NC=C1c1ccccc1C.C=N.CC(c1ccc(-c2ccccc2)cc1)c1ccc(-c2ccc(Nc3cccc4ccccc34)cc2)cc1.Cc1ccccc1. The third-order valence-electron chi connectivity index (χ3n) is 10.5. The fourth-order valence-corrected chi connectivity index (χ4v) is 7.04. The lowest BCUT2D eigenvalue weighted by molar-refractivity contribution is 0.923. The summed E-state index contributed by atoms with van der Waals surface area (Å²) in [4.78, 5) is 4.10. The molecule has 1 aliphatic rings. The van der Waals surface area contributed by atoms with Crippen LogP contribution in [0.15, 0.2) is 224 Å². The predicted molar refractivity (Wildman–Crippen MR) is 259 cm³/mol. The van der Waals surface area contributed by atoms with Crippen LogP contribution < -0.4 is 11.1 Å². The molecule has 9 rings (SSSR count). The average molecular weight is 781 g/mol. The second-order valence-electron chi connectivity index (χ2n) is 14.6. The molecule has 296 valence electrons. The van der Waals surface area contributed by atoms with E-state index in [0.29, 0.717) is 11.6 Å². The summed E-state index contributed by atoms with van der Waals surface area (Å²) in [7, 11) is 0. The zero-order chi connectivity index (χ0) is 42.3. The van der Waals surface area contributed by atoms with Gasteiger partial charge < -0.3 is 16.5 Å². The first-order chi connectivity index (χ1) is 29.3. The van der Waals surface area contributed by atoms with Crippen molar-refractivity contribution >= 4 is 40.1 Å². The lowest BCUT2D eigenvalue weighted by Crippen LogP contribution is -2.17. The standard InChI is InChI=1S/C36H29N.C12H12N2.C7H8.CH3N/c1-26(27-14-18-30(19-15-27)29-8-3-2-4-9-29)28-16-20-31(21-17-28)32-22-24-34(25-23-32)37-36-13-7-11-33-10-5-6-12-35(33)36;1-8-5-3-4-6-10(8)11-7-14-12(11)9(2)13;1-7-5-3-2-4-6-7;1-2/h2-26,37H,1H3;3-7H,2,13H2,1H3;2-6H,1H3;2H,1H2. The van der Waals surface area contributed by atoms with E-state index in [1.54, 1.807) is 0 Å². The maximum Gasteiger partial charge on any atom is 0.0946 e. The Morgan fingerprint density at radius 1 is 0.550 bits per heavy atom. The molecule has 1 unspecified atom stereocenters. The highest BCUT2D eigenvalue weighted by atomic mass is 14.9. The molecule has 0 saturated carbocycles. The molecular formula is C56H52N4. The molecule has 0 amide bonds. The van der Waals surface area contributed by atoms with E-state index in [1.807, 2.05) is 36.5 Å². The Hall–Kier alpha value is -7.56. The molecule has 60 heavy (non-hydrogen) atoms. The molecule has 0 radical (unpaired) electrons. The molecule has 1 aliphatic heterocycles. The summed E-state index contributed by atoms with van der Waals surface area (Å²) >= 11 is 0. The first kappa shape index (κ1) is 42.1. The van der Waals surface area contributed by atoms with Gasteiger partial charge in [0.25, 0.3) is 0 Å². The van der Waals surface area contributed by atoms with E-state index in [2.05, 4.69) is 214 Å². The number of aryl methyl sites for hydroxylation is 2. The van der Waals surface area contributed by atoms with Gasteiger partial charge in [0.15, 0.2) is 0 Å². The maximum atomic E-state index is 5.61. The molecule has 0 aliphatic carbocycles. The molecule has 0 fully saturated rings. The number of hydrogen-bond acceptors (Lipinski definition) is 4. The predicted octanol–water partition coefficient (Wildman–Crippen LogP) is 14.6. The van der Waals surface area contributed by atoms with E-state index < -0.39 is 0 Å². The number of nitrogens with one attached hydrogen (secondary N) is 2. The summed E-state index contributed by atoms with van der Waals surface area (Å²) < 4.78 is 0. The topological polar surface area (TPSA) is 74.3 Å². The second-order valence-corrected chi connectivity index (χ2v) is 14.6. The Morgan fingerprint density at radius 2 is 1.03 bits per heavy atom. The first-order valence-electron chi connectivity index (χ1n) is 20.1. The van der Waals surface area contributed by atoms with Crippen LogP contribution in [0.5, 0.6) is 0 Å². The fourth-order valence-electron chi connectivity index (χ4n) is 7.04. The van der Waals surface area contributed by atoms with Gasteiger partial charge in [-0.1, -0.05) is 201 Å². The quantitative estimate of drug-likeness (QED) is 0.134. The minimum absolute atomic E-state index is 0.339. The van der Waals surface area contributed by atoms with Crippen molar-refractivity contribution in [3.63, 3.8) is 0 Å². The van der Waals surface area contributed by atoms with Gasteiger partial charge in [-0.3, -0.25) is 4.99 Å². The van der Waals surface area contributed by atoms with Crippen LogP contribution in [0.2, 0.25) is 0 Å². The van der Waals surface area contributed by atoms with Gasteiger partial charge in [-0.05, 0) is 88.7 Å². The molecule has 1 heterocycles. The molecule has 0 bridgehead atoms. The monoisotopic (exact) mass is 780 g/mol. The summed E-state index contributed by atoms with van der Waals surface area (Å²) in [5, 5.41) is 11.6. The highest BCUT2D eigenvalue weighted by Crippen LogP contribution is 2.31. The molecule has 1 atom stereocenters. The number of hydrogen-bond donors (Lipinski definition) is 3. The van der Waals surface area contributed by atoms with E-state index >= 15 is 0 Å². The van der Waals surface area contributed by atoms with E-state index in [0.717, 1.165) is 22.7 Å². The number of anilines is 2. The lowest BCUT2D eigenvalue weighted by atomic mass is 9.90. The Kier molecular flexibility index (Phi) is 14.5. The van der Waals surface area contributed by atoms with E-state index in [4.69, 9.17) is 11.1 Å². The number of aliphatic imine (C=N–C) groups is 1. The Labute approximate surface area is 355 Å². The summed E-state index contributed by atoms with van der Waals surface area (Å²) in [6, 6.07) is 70.4. The number of nitrogens with zero attached hydrogens (tertiary/aromatic N) is 1. The summed E-state index contributed by atoms with van der Waals surface area (Å²) in [6.45, 7) is 12.6. The van der Waals surface area contributed by atoms with Crippen LogP contribution in [0.1, 0.15) is 40.7 Å². The van der Waals surface area contributed by atoms with Crippen LogP contribution in [0.4, 0.5) is 11.4 Å². The smallest absolute Gasteiger partial charge is 0.0946 e. The minimum Gasteiger partial charge on any atom is -0.397 e. The van der Waals surface area contributed by atoms with Crippen molar-refractivity contribution in [1.29, 1.82) is 5.41 Å². The molecule has 8 aromatic carbocycles. The van der Waals surface area contributed by atoms with E-state index in [-0.39, 0.29) is 0 Å². The fraction of sp³-hybridized carbons (Fsp3) is 0.0714. The molecule has 4 heteroatoms. The lowest BCUT2D eigenvalue weighted by Gasteiger charge is -2.17. The normalized spacial score (nSPS) is 11.7. The molecule has 0 spiro atoms. The second kappa shape index (κ2) is 20.7. The van der Waals surface area contributed by atoms with Crippen LogP contribution in [0.3, 0.4) is 0 Å². The van der Waals surface area contributed by atoms with Gasteiger partial charge in [0, 0.05) is 34.5 Å². The first-order valence-corrected chi connectivity index (χ1v) is 20.1. The summed E-state index contributed by atoms with van der Waals surface area (Å²) in [5.41, 5.74) is 21.6. The third-order valence-corrected chi connectivity index (χ3v) is 10.5. The zero-order valence-corrected chi connectivity index (χ0v) is 34.6. The van der Waals surface area contributed by atoms with Gasteiger partial charge in [-0.25, -0.2) is 0 Å². The van der Waals surface area contributed by atoms with Gasteiger partial charge in [0.2, 0.25) is 0 Å². The number of rotatable bonds is 8. The van der Waals surface area contributed by atoms with Crippen molar-refractivity contribution in [3.05, 3.63) is 246 Å². The highest BCUT2D eigenvalue weighted by molar-refractivity contribution is 6.35. The van der Waals surface area contributed by atoms with Crippen molar-refractivity contribution in [3.8, 4) is 22.3 Å². The van der Waals surface area contributed by atoms with Gasteiger partial charge >= 0.3 is 0 Å². The van der Waals surface area contributed by atoms with Gasteiger partial charge in [0.05, 0.1) is 11.4 Å². The molecule has 4 N–H and O–H groups in total. The van der Waals surface area contributed by atoms with Crippen molar-refractivity contribution in [2.75, 3.05) is 5.32 Å². The van der Waals surface area contributed by atoms with Gasteiger partial charge in [-0.2, -0.15) is 0 Å². The van der Waals surface area contributed by atoms with Crippen molar-refractivity contribution < 1.29 is 0 Å². The number of benzene rings is 8. The summed E-state index contributed by atoms with van der Waals surface area (Å²) in [6.07, 6.45) is 1.83. The molecular weight excluding hydrogens is 729 g/mol. The molecule has 8 aromatic rings. The Morgan fingerprint density at radius 3 is 1.55 bits per heavy atom. The number of fused-ring (bicyclic) bond motifs is 1. The van der Waals surface area contributed by atoms with Gasteiger partial charge in [-0.15, -0.1) is 0 Å². The van der Waals surface area contributed by atoms with E-state index in [1.165, 1.54) is 60.8 Å². The van der Waals surface area contributed by atoms with Crippen molar-refractivity contribution in [2.45, 2.75) is 26.7 Å². The minimum atomic E-state index is 0.339. The largest absolute Gasteiger partial charge is 0.397 e. The summed E-state index contributed by atoms with van der Waals surface area (Å²) in [5.74, 6) is 0.339. The Bertz CT molecular complexity index is 2670. The highest BCUT2D eigenvalue weighted by Gasteiger charge is 2.18. The Balaban J connectivity index is 0.000000214. The molecule has 4 nitrogen and oxygen atoms in total. The van der Waals surface area contributed by atoms with Crippen LogP contribution in [-0.4, -0.2) is 12.4 Å². The number of nitrogens with two attached hydrogens (primary N) is 1. The average Bonchev–Trinajstić information content (AvgIpc) is 3.29. The zero-order valence-electron chi connectivity index (χ0n) is 34.6. The van der Waals surface area contributed by atoms with Crippen LogP contribution >= 0.6 is 0 Å². The van der Waals surface area contributed by atoms with E-state index in [9.17, 15) is 0 Å². The van der Waals surface area contributed by atoms with Crippen LogP contribution in [-0.2, 0) is 0 Å². The van der Waals surface area contributed by atoms with Crippen LogP contribution in [0.25, 0.3) is 38.6 Å². The van der Waals surface area contributed by atoms with Crippen molar-refractivity contribution in [2.24, 2.45) is 10.7 Å². The van der Waals surface area contributed by atoms with Crippen LogP contribution in [0, 0.1) is 19.3 Å². The maximum absolute atomic E-state index is 5.61. The third kappa shape index (κ3) is 10.7. The molecule has 0 saturated heterocycles.